The summed E-state index contributed by atoms with van der Waals surface area (Å²) in [5, 5.41) is 4.38. The maximum Gasteiger partial charge on any atom is 0.278 e. The van der Waals surface area contributed by atoms with Crippen molar-refractivity contribution in [2.75, 3.05) is 0 Å². The Morgan fingerprint density at radius 1 is 0.500 bits per heavy atom. The number of oxime groups is 1. The normalized spacial score (nSPS) is 18.5. The van der Waals surface area contributed by atoms with Crippen molar-refractivity contribution in [2.45, 2.75) is 130 Å². The maximum absolute atomic E-state index is 6.81. The van der Waals surface area contributed by atoms with E-state index in [1.807, 2.05) is 6.21 Å². The molecule has 0 aromatic rings. The van der Waals surface area contributed by atoms with Crippen molar-refractivity contribution in [3.63, 3.8) is 0 Å². The number of rotatable bonds is 14. The summed E-state index contributed by atoms with van der Waals surface area (Å²) in [7, 11) is -9.35. The molecule has 0 saturated heterocycles. The van der Waals surface area contributed by atoms with Crippen molar-refractivity contribution in [3.05, 3.63) is 0 Å². The summed E-state index contributed by atoms with van der Waals surface area (Å²) < 4.78 is 32.6. The standard InChI is InChI=1S/C21H53NO5Si5/c1-18(23-28(2,3)4)20(25-30(8,9)10)21(26-31(11,12)13)19(24-29(5,6)7)17-22-27-32(14,15)16/h17-21H,1-16H3/b22-17+. The predicted molar refractivity (Wildman–Crippen MR) is 151 cm³/mol. The lowest BCUT2D eigenvalue weighted by Crippen LogP contribution is -2.58. The van der Waals surface area contributed by atoms with E-state index < -0.39 is 41.6 Å². The molecule has 0 heterocycles. The van der Waals surface area contributed by atoms with Crippen LogP contribution in [0.15, 0.2) is 5.16 Å². The molecule has 0 bridgehead atoms. The lowest BCUT2D eigenvalue weighted by molar-refractivity contribution is -0.0558. The SMILES string of the molecule is CC(O[Si](C)(C)C)C(O[Si](C)(C)C)C(O[Si](C)(C)C)C(/C=N/O[Si](C)(C)C)O[Si](C)(C)C. The van der Waals surface area contributed by atoms with E-state index in [1.165, 1.54) is 0 Å². The van der Waals surface area contributed by atoms with Gasteiger partial charge in [-0.25, -0.2) is 0 Å². The molecule has 0 spiro atoms. The van der Waals surface area contributed by atoms with Gasteiger partial charge in [-0.2, -0.15) is 0 Å². The van der Waals surface area contributed by atoms with Crippen molar-refractivity contribution in [2.24, 2.45) is 5.16 Å². The molecule has 0 aliphatic rings. The lowest BCUT2D eigenvalue weighted by Gasteiger charge is -2.43. The zero-order chi connectivity index (χ0) is 25.8. The first-order valence-electron chi connectivity index (χ1n) is 11.8. The Morgan fingerprint density at radius 2 is 0.875 bits per heavy atom. The Kier molecular flexibility index (Phi) is 12.0. The minimum Gasteiger partial charge on any atom is -0.456 e. The molecule has 32 heavy (non-hydrogen) atoms. The first-order valence-corrected chi connectivity index (χ1v) is 28.9. The topological polar surface area (TPSA) is 58.5 Å². The first-order chi connectivity index (χ1) is 13.9. The molecular formula is C21H53NO5Si5. The molecule has 192 valence electrons. The van der Waals surface area contributed by atoms with E-state index in [2.05, 4.69) is 110 Å². The van der Waals surface area contributed by atoms with Crippen molar-refractivity contribution >= 4 is 47.8 Å². The third-order valence-electron chi connectivity index (χ3n) is 3.65. The summed E-state index contributed by atoms with van der Waals surface area (Å²) in [4.78, 5) is 0. The van der Waals surface area contributed by atoms with Crippen molar-refractivity contribution < 1.29 is 22.2 Å². The predicted octanol–water partition coefficient (Wildman–Crippen LogP) is 6.72. The van der Waals surface area contributed by atoms with E-state index in [0.717, 1.165) is 0 Å². The molecule has 0 rings (SSSR count). The fraction of sp³-hybridized carbons (Fsp3) is 0.952. The molecule has 0 aromatic heterocycles. The van der Waals surface area contributed by atoms with Gasteiger partial charge in [-0.05, 0) is 105 Å². The Labute approximate surface area is 204 Å². The third kappa shape index (κ3) is 16.9. The average Bonchev–Trinajstić information content (AvgIpc) is 2.43. The fourth-order valence-electron chi connectivity index (χ4n) is 3.03. The van der Waals surface area contributed by atoms with E-state index >= 15 is 0 Å². The van der Waals surface area contributed by atoms with Crippen LogP contribution in [0.4, 0.5) is 0 Å². The van der Waals surface area contributed by atoms with Gasteiger partial charge in [0.05, 0.1) is 18.4 Å². The molecule has 11 heteroatoms. The molecule has 0 radical (unpaired) electrons. The molecule has 0 aliphatic carbocycles. The Hall–Kier alpha value is 0.394. The molecular weight excluding hydrogens is 487 g/mol. The quantitative estimate of drug-likeness (QED) is 0.139. The van der Waals surface area contributed by atoms with Crippen LogP contribution in [-0.4, -0.2) is 72.2 Å². The van der Waals surface area contributed by atoms with Crippen molar-refractivity contribution in [3.8, 4) is 0 Å². The van der Waals surface area contributed by atoms with Crippen LogP contribution in [0.3, 0.4) is 0 Å². The zero-order valence-corrected chi connectivity index (χ0v) is 28.9. The molecule has 6 nitrogen and oxygen atoms in total. The minimum atomic E-state index is -1.94. The van der Waals surface area contributed by atoms with Crippen LogP contribution in [-0.2, 0) is 22.2 Å². The highest BCUT2D eigenvalue weighted by atomic mass is 28.4. The Bertz CT molecular complexity index is 586. The summed E-state index contributed by atoms with van der Waals surface area (Å²) in [6, 6.07) is 0. The molecule has 0 fully saturated rings. The van der Waals surface area contributed by atoms with Crippen LogP contribution in [0, 0.1) is 0 Å². The summed E-state index contributed by atoms with van der Waals surface area (Å²) in [5.74, 6) is 0. The van der Waals surface area contributed by atoms with Crippen LogP contribution in [0.5, 0.6) is 0 Å². The van der Waals surface area contributed by atoms with Crippen LogP contribution in [0.2, 0.25) is 98.2 Å². The highest BCUT2D eigenvalue weighted by molar-refractivity contribution is 6.71. The van der Waals surface area contributed by atoms with Gasteiger partial charge in [0.2, 0.25) is 0 Å². The van der Waals surface area contributed by atoms with Gasteiger partial charge in [0, 0.05) is 0 Å². The summed E-state index contributed by atoms with van der Waals surface area (Å²) in [6.07, 6.45) is 0.760. The van der Waals surface area contributed by atoms with Gasteiger partial charge < -0.3 is 22.2 Å². The maximum atomic E-state index is 6.81. The Balaban J connectivity index is 6.42. The van der Waals surface area contributed by atoms with E-state index in [1.54, 1.807) is 0 Å². The van der Waals surface area contributed by atoms with Crippen LogP contribution >= 0.6 is 0 Å². The average molecular weight is 540 g/mol. The first kappa shape index (κ1) is 32.4. The molecule has 0 N–H and O–H groups in total. The summed E-state index contributed by atoms with van der Waals surface area (Å²) in [6.45, 7) is 34.9. The lowest BCUT2D eigenvalue weighted by atomic mass is 10.1. The van der Waals surface area contributed by atoms with Crippen LogP contribution in [0.25, 0.3) is 0 Å². The molecule has 0 aliphatic heterocycles. The second-order valence-corrected chi connectivity index (χ2v) is 35.7. The van der Waals surface area contributed by atoms with E-state index in [0.29, 0.717) is 0 Å². The molecule has 0 aromatic carbocycles. The highest BCUT2D eigenvalue weighted by Gasteiger charge is 2.43. The van der Waals surface area contributed by atoms with Gasteiger partial charge in [-0.15, -0.1) is 5.16 Å². The molecule has 0 saturated carbocycles. The second kappa shape index (κ2) is 11.9. The zero-order valence-electron chi connectivity index (χ0n) is 23.9. The van der Waals surface area contributed by atoms with Crippen LogP contribution in [0.1, 0.15) is 6.92 Å². The Morgan fingerprint density at radius 3 is 1.22 bits per heavy atom. The van der Waals surface area contributed by atoms with E-state index in [-0.39, 0.29) is 24.4 Å². The highest BCUT2D eigenvalue weighted by Crippen LogP contribution is 2.27. The number of hydrogen-bond acceptors (Lipinski definition) is 6. The van der Waals surface area contributed by atoms with Gasteiger partial charge in [0.15, 0.2) is 33.3 Å². The van der Waals surface area contributed by atoms with Gasteiger partial charge >= 0.3 is 0 Å². The molecule has 4 unspecified atom stereocenters. The third-order valence-corrected chi connectivity index (χ3v) is 8.32. The van der Waals surface area contributed by atoms with Crippen LogP contribution < -0.4 is 0 Å². The van der Waals surface area contributed by atoms with E-state index in [4.69, 9.17) is 22.2 Å². The minimum absolute atomic E-state index is 0.117. The summed E-state index contributed by atoms with van der Waals surface area (Å²) in [5.41, 5.74) is 0. The molecule has 0 amide bonds. The smallest absolute Gasteiger partial charge is 0.278 e. The second-order valence-electron chi connectivity index (χ2n) is 13.5. The van der Waals surface area contributed by atoms with Gasteiger partial charge in [0.1, 0.15) is 12.2 Å². The summed E-state index contributed by atoms with van der Waals surface area (Å²) >= 11 is 0. The van der Waals surface area contributed by atoms with Gasteiger partial charge in [0.25, 0.3) is 8.32 Å². The molecule has 4 atom stereocenters. The monoisotopic (exact) mass is 539 g/mol. The number of hydrogen-bond donors (Lipinski definition) is 0. The largest absolute Gasteiger partial charge is 0.456 e. The fourth-order valence-corrected chi connectivity index (χ4v) is 7.90. The van der Waals surface area contributed by atoms with Gasteiger partial charge in [-0.1, -0.05) is 0 Å². The van der Waals surface area contributed by atoms with Crippen molar-refractivity contribution in [1.29, 1.82) is 0 Å². The number of nitrogens with zero attached hydrogens (tertiary/aromatic N) is 1. The van der Waals surface area contributed by atoms with Crippen molar-refractivity contribution in [1.82, 2.24) is 0 Å². The van der Waals surface area contributed by atoms with Gasteiger partial charge in [-0.3, -0.25) is 0 Å². The van der Waals surface area contributed by atoms with E-state index in [9.17, 15) is 0 Å².